The zero-order valence-corrected chi connectivity index (χ0v) is 11.8. The fourth-order valence-electron chi connectivity index (χ4n) is 3.36. The van der Waals surface area contributed by atoms with Crippen LogP contribution in [-0.4, -0.2) is 26.0 Å². The second kappa shape index (κ2) is 4.97. The summed E-state index contributed by atoms with van der Waals surface area (Å²) in [6.45, 7) is 4.30. The molecule has 2 unspecified atom stereocenters. The van der Waals surface area contributed by atoms with E-state index in [0.29, 0.717) is 0 Å². The minimum absolute atomic E-state index is 0.0180. The van der Waals surface area contributed by atoms with Gasteiger partial charge in [-0.25, -0.2) is 0 Å². The predicted octanol–water partition coefficient (Wildman–Crippen LogP) is 2.31. The predicted molar refractivity (Wildman–Crippen MR) is 77.6 cm³/mol. The maximum atomic E-state index is 12.0. The minimum Gasteiger partial charge on any atom is -0.316 e. The molecule has 0 spiro atoms. The van der Waals surface area contributed by atoms with Gasteiger partial charge in [0.15, 0.2) is 0 Å². The second-order valence-corrected chi connectivity index (χ2v) is 5.93. The third kappa shape index (κ3) is 2.27. The highest BCUT2D eigenvalue weighted by molar-refractivity contribution is 6.04. The van der Waals surface area contributed by atoms with Crippen LogP contribution in [0.1, 0.15) is 36.8 Å². The third-order valence-electron chi connectivity index (χ3n) is 4.54. The molecule has 2 heterocycles. The van der Waals surface area contributed by atoms with E-state index in [4.69, 9.17) is 0 Å². The molecule has 1 saturated heterocycles. The molecule has 1 amide bonds. The van der Waals surface area contributed by atoms with E-state index >= 15 is 0 Å². The fourth-order valence-corrected chi connectivity index (χ4v) is 3.36. The van der Waals surface area contributed by atoms with Gasteiger partial charge in [0.2, 0.25) is 5.91 Å². The molecule has 0 saturated carbocycles. The Morgan fingerprint density at radius 3 is 3.00 bits per heavy atom. The summed E-state index contributed by atoms with van der Waals surface area (Å²) < 4.78 is 0. The van der Waals surface area contributed by atoms with Crippen molar-refractivity contribution in [3.63, 3.8) is 0 Å². The second-order valence-electron chi connectivity index (χ2n) is 5.93. The molecule has 0 radical (unpaired) electrons. The van der Waals surface area contributed by atoms with Crippen molar-refractivity contribution in [1.29, 1.82) is 0 Å². The van der Waals surface area contributed by atoms with Gasteiger partial charge < -0.3 is 10.2 Å². The van der Waals surface area contributed by atoms with Gasteiger partial charge in [-0.3, -0.25) is 4.79 Å². The van der Waals surface area contributed by atoms with E-state index in [1.807, 2.05) is 14.0 Å². The van der Waals surface area contributed by atoms with Crippen molar-refractivity contribution in [3.8, 4) is 0 Å². The van der Waals surface area contributed by atoms with Gasteiger partial charge in [-0.2, -0.15) is 0 Å². The first kappa shape index (κ1) is 12.7. The van der Waals surface area contributed by atoms with Crippen molar-refractivity contribution in [2.45, 2.75) is 32.1 Å². The highest BCUT2D eigenvalue weighted by Gasteiger charge is 2.31. The highest BCUT2D eigenvalue weighted by atomic mass is 16.2. The Hall–Kier alpha value is -1.35. The van der Waals surface area contributed by atoms with Gasteiger partial charge in [0.1, 0.15) is 0 Å². The van der Waals surface area contributed by atoms with Crippen LogP contribution in [0.2, 0.25) is 0 Å². The quantitative estimate of drug-likeness (QED) is 0.883. The molecule has 1 aromatic carbocycles. The number of nitrogens with one attached hydrogen (secondary N) is 1. The molecule has 1 N–H and O–H groups in total. The van der Waals surface area contributed by atoms with Crippen LogP contribution in [0.15, 0.2) is 18.2 Å². The maximum Gasteiger partial charge on any atom is 0.234 e. The van der Waals surface area contributed by atoms with Crippen LogP contribution < -0.4 is 10.2 Å². The van der Waals surface area contributed by atoms with Crippen LogP contribution in [0.4, 0.5) is 5.69 Å². The SMILES string of the molecule is CC1C(=O)N(C)c2ccc(CC3CCCNC3)cc21. The first-order valence-electron chi connectivity index (χ1n) is 7.28. The van der Waals surface area contributed by atoms with Crippen molar-refractivity contribution in [1.82, 2.24) is 5.32 Å². The van der Waals surface area contributed by atoms with Crippen molar-refractivity contribution in [2.24, 2.45) is 5.92 Å². The summed E-state index contributed by atoms with van der Waals surface area (Å²) in [4.78, 5) is 13.8. The van der Waals surface area contributed by atoms with Crippen molar-refractivity contribution < 1.29 is 4.79 Å². The number of carbonyl (C=O) groups excluding carboxylic acids is 1. The van der Waals surface area contributed by atoms with E-state index in [2.05, 4.69) is 23.5 Å². The third-order valence-corrected chi connectivity index (χ3v) is 4.54. The molecule has 2 aliphatic rings. The molecule has 0 bridgehead atoms. The molecule has 102 valence electrons. The Bertz CT molecular complexity index is 492. The van der Waals surface area contributed by atoms with E-state index in [1.165, 1.54) is 24.0 Å². The average Bonchev–Trinajstić information content (AvgIpc) is 2.65. The van der Waals surface area contributed by atoms with Gasteiger partial charge in [0.05, 0.1) is 5.92 Å². The molecule has 0 aromatic heterocycles. The number of amides is 1. The van der Waals surface area contributed by atoms with Gasteiger partial charge in [-0.05, 0) is 62.4 Å². The molecule has 19 heavy (non-hydrogen) atoms. The van der Waals surface area contributed by atoms with Gasteiger partial charge in [-0.15, -0.1) is 0 Å². The highest BCUT2D eigenvalue weighted by Crippen LogP contribution is 2.37. The molecular formula is C16H22N2O. The molecule has 1 aromatic rings. The van der Waals surface area contributed by atoms with E-state index in [9.17, 15) is 4.79 Å². The fraction of sp³-hybridized carbons (Fsp3) is 0.562. The summed E-state index contributed by atoms with van der Waals surface area (Å²) in [5.41, 5.74) is 3.67. The lowest BCUT2D eigenvalue weighted by Crippen LogP contribution is -2.30. The molecule has 3 heteroatoms. The lowest BCUT2D eigenvalue weighted by molar-refractivity contribution is -0.118. The lowest BCUT2D eigenvalue weighted by Gasteiger charge is -2.23. The molecule has 2 atom stereocenters. The number of carbonyl (C=O) groups is 1. The van der Waals surface area contributed by atoms with Crippen LogP contribution in [0.3, 0.4) is 0 Å². The maximum absolute atomic E-state index is 12.0. The zero-order valence-electron chi connectivity index (χ0n) is 11.8. The van der Waals surface area contributed by atoms with Crippen molar-refractivity contribution >= 4 is 11.6 Å². The Morgan fingerprint density at radius 1 is 1.42 bits per heavy atom. The average molecular weight is 258 g/mol. The molecule has 0 aliphatic carbocycles. The number of likely N-dealkylation sites (N-methyl/N-ethyl adjacent to an activating group) is 1. The molecule has 3 rings (SSSR count). The van der Waals surface area contributed by atoms with Crippen LogP contribution in [0, 0.1) is 5.92 Å². The van der Waals surface area contributed by atoms with Crippen LogP contribution in [0.5, 0.6) is 0 Å². The number of rotatable bonds is 2. The topological polar surface area (TPSA) is 32.3 Å². The Labute approximate surface area is 115 Å². The van der Waals surface area contributed by atoms with Crippen molar-refractivity contribution in [2.75, 3.05) is 25.0 Å². The number of piperidine rings is 1. The van der Waals surface area contributed by atoms with Gasteiger partial charge >= 0.3 is 0 Å². The summed E-state index contributed by atoms with van der Waals surface area (Å²) in [6.07, 6.45) is 3.73. The Balaban J connectivity index is 1.80. The Kier molecular flexibility index (Phi) is 3.31. The van der Waals surface area contributed by atoms with Crippen LogP contribution in [0.25, 0.3) is 0 Å². The lowest BCUT2D eigenvalue weighted by atomic mass is 9.90. The first-order chi connectivity index (χ1) is 9.16. The van der Waals surface area contributed by atoms with Crippen molar-refractivity contribution in [3.05, 3.63) is 29.3 Å². The smallest absolute Gasteiger partial charge is 0.234 e. The monoisotopic (exact) mass is 258 g/mol. The molecular weight excluding hydrogens is 236 g/mol. The Morgan fingerprint density at radius 2 is 2.26 bits per heavy atom. The van der Waals surface area contributed by atoms with Crippen LogP contribution >= 0.6 is 0 Å². The van der Waals surface area contributed by atoms with Gasteiger partial charge in [-0.1, -0.05) is 12.1 Å². The molecule has 2 aliphatic heterocycles. The first-order valence-corrected chi connectivity index (χ1v) is 7.28. The summed E-state index contributed by atoms with van der Waals surface area (Å²) >= 11 is 0. The number of hydrogen-bond acceptors (Lipinski definition) is 2. The largest absolute Gasteiger partial charge is 0.316 e. The van der Waals surface area contributed by atoms with Crippen LogP contribution in [-0.2, 0) is 11.2 Å². The molecule has 3 nitrogen and oxygen atoms in total. The zero-order chi connectivity index (χ0) is 13.4. The standard InChI is InChI=1S/C16H22N2O/c1-11-14-9-12(8-13-4-3-7-17-10-13)5-6-15(14)18(2)16(11)19/h5-6,9,11,13,17H,3-4,7-8,10H2,1-2H3. The van der Waals surface area contributed by atoms with E-state index in [0.717, 1.165) is 31.1 Å². The van der Waals surface area contributed by atoms with E-state index in [1.54, 1.807) is 4.90 Å². The number of anilines is 1. The van der Waals surface area contributed by atoms with Gasteiger partial charge in [0, 0.05) is 12.7 Å². The number of fused-ring (bicyclic) bond motifs is 1. The normalized spacial score (nSPS) is 26.6. The summed E-state index contributed by atoms with van der Waals surface area (Å²) in [5, 5.41) is 3.47. The summed E-state index contributed by atoms with van der Waals surface area (Å²) in [7, 11) is 1.87. The van der Waals surface area contributed by atoms with E-state index in [-0.39, 0.29) is 11.8 Å². The number of benzene rings is 1. The number of nitrogens with zero attached hydrogens (tertiary/aromatic N) is 1. The summed E-state index contributed by atoms with van der Waals surface area (Å²) in [6, 6.07) is 6.55. The molecule has 1 fully saturated rings. The van der Waals surface area contributed by atoms with Gasteiger partial charge in [0.25, 0.3) is 0 Å². The number of hydrogen-bond donors (Lipinski definition) is 1. The van der Waals surface area contributed by atoms with E-state index < -0.39 is 0 Å². The summed E-state index contributed by atoms with van der Waals surface area (Å²) in [5.74, 6) is 0.979. The minimum atomic E-state index is 0.0180.